The first-order chi connectivity index (χ1) is 14.3. The summed E-state index contributed by atoms with van der Waals surface area (Å²) in [6.07, 6.45) is 3.18. The molecule has 3 aromatic rings. The van der Waals surface area contributed by atoms with Gasteiger partial charge >= 0.3 is 0 Å². The van der Waals surface area contributed by atoms with E-state index in [4.69, 9.17) is 0 Å². The SMILES string of the molecule is Cc1nccn1-c1ccc(CNC(=O)CCNC(=O)c2ccc(F)cc2F)cc1F. The lowest BCUT2D eigenvalue weighted by Crippen LogP contribution is -2.31. The summed E-state index contributed by atoms with van der Waals surface area (Å²) < 4.78 is 42.4. The number of nitrogens with zero attached hydrogens (tertiary/aromatic N) is 2. The van der Waals surface area contributed by atoms with Crippen LogP contribution in [0.25, 0.3) is 5.69 Å². The van der Waals surface area contributed by atoms with E-state index >= 15 is 0 Å². The van der Waals surface area contributed by atoms with Crippen LogP contribution in [0.1, 0.15) is 28.2 Å². The Labute approximate surface area is 170 Å². The molecule has 2 N–H and O–H groups in total. The van der Waals surface area contributed by atoms with Gasteiger partial charge in [0, 0.05) is 38.0 Å². The lowest BCUT2D eigenvalue weighted by Gasteiger charge is -2.10. The molecule has 3 rings (SSSR count). The molecule has 0 unspecified atom stereocenters. The van der Waals surface area contributed by atoms with Crippen LogP contribution < -0.4 is 10.6 Å². The van der Waals surface area contributed by atoms with Gasteiger partial charge in [0.25, 0.3) is 5.91 Å². The molecule has 1 aromatic heterocycles. The fraction of sp³-hybridized carbons (Fsp3) is 0.190. The highest BCUT2D eigenvalue weighted by Crippen LogP contribution is 2.16. The van der Waals surface area contributed by atoms with E-state index in [1.54, 1.807) is 36.0 Å². The fourth-order valence-electron chi connectivity index (χ4n) is 2.84. The zero-order valence-electron chi connectivity index (χ0n) is 16.1. The smallest absolute Gasteiger partial charge is 0.254 e. The standard InChI is InChI=1S/C21H19F3N4O2/c1-13-25-8-9-28(13)19-5-2-14(10-18(19)24)12-27-20(29)6-7-26-21(30)16-4-3-15(22)11-17(16)23/h2-5,8-11H,6-7,12H2,1H3,(H,26,30)(H,27,29). The first-order valence-corrected chi connectivity index (χ1v) is 9.14. The first-order valence-electron chi connectivity index (χ1n) is 9.14. The second kappa shape index (κ2) is 9.25. The van der Waals surface area contributed by atoms with Crippen LogP contribution in [0, 0.1) is 24.4 Å². The van der Waals surface area contributed by atoms with Crippen LogP contribution in [0.2, 0.25) is 0 Å². The van der Waals surface area contributed by atoms with Crippen molar-refractivity contribution in [1.82, 2.24) is 20.2 Å². The van der Waals surface area contributed by atoms with Gasteiger partial charge < -0.3 is 15.2 Å². The van der Waals surface area contributed by atoms with Crippen LogP contribution >= 0.6 is 0 Å². The Morgan fingerprint density at radius 1 is 1.03 bits per heavy atom. The molecule has 0 atom stereocenters. The Balaban J connectivity index is 1.47. The molecule has 0 fully saturated rings. The summed E-state index contributed by atoms with van der Waals surface area (Å²) in [5.74, 6) is -2.67. The molecule has 0 radical (unpaired) electrons. The minimum Gasteiger partial charge on any atom is -0.352 e. The number of benzene rings is 2. The minimum atomic E-state index is -0.978. The number of amides is 2. The Bertz CT molecular complexity index is 1080. The maximum absolute atomic E-state index is 14.4. The van der Waals surface area contributed by atoms with Crippen LogP contribution in [-0.2, 0) is 11.3 Å². The molecule has 2 amide bonds. The molecule has 0 aliphatic rings. The Hall–Kier alpha value is -3.62. The van der Waals surface area contributed by atoms with E-state index in [0.29, 0.717) is 23.1 Å². The number of hydrogen-bond donors (Lipinski definition) is 2. The summed E-state index contributed by atoms with van der Waals surface area (Å²) in [7, 11) is 0. The number of aromatic nitrogens is 2. The van der Waals surface area contributed by atoms with E-state index in [9.17, 15) is 22.8 Å². The quantitative estimate of drug-likeness (QED) is 0.622. The number of rotatable bonds is 7. The number of imidazole rings is 1. The summed E-state index contributed by atoms with van der Waals surface area (Å²) >= 11 is 0. The summed E-state index contributed by atoms with van der Waals surface area (Å²) in [4.78, 5) is 27.9. The second-order valence-electron chi connectivity index (χ2n) is 6.54. The van der Waals surface area contributed by atoms with Crippen molar-refractivity contribution in [2.24, 2.45) is 0 Å². The summed E-state index contributed by atoms with van der Waals surface area (Å²) in [5.41, 5.74) is 0.621. The molecule has 0 aliphatic carbocycles. The molecule has 0 bridgehead atoms. The maximum Gasteiger partial charge on any atom is 0.254 e. The van der Waals surface area contributed by atoms with Crippen LogP contribution in [-0.4, -0.2) is 27.9 Å². The zero-order chi connectivity index (χ0) is 21.7. The van der Waals surface area contributed by atoms with Gasteiger partial charge in [-0.05, 0) is 36.8 Å². The topological polar surface area (TPSA) is 76.0 Å². The van der Waals surface area contributed by atoms with Crippen molar-refractivity contribution in [3.05, 3.63) is 83.2 Å². The third-order valence-corrected chi connectivity index (χ3v) is 4.40. The lowest BCUT2D eigenvalue weighted by molar-refractivity contribution is -0.121. The van der Waals surface area contributed by atoms with Gasteiger partial charge in [-0.2, -0.15) is 0 Å². The van der Waals surface area contributed by atoms with Gasteiger partial charge in [0.2, 0.25) is 5.91 Å². The largest absolute Gasteiger partial charge is 0.352 e. The van der Waals surface area contributed by atoms with Crippen molar-refractivity contribution in [3.63, 3.8) is 0 Å². The predicted octanol–water partition coefficient (Wildman–Crippen LogP) is 3.03. The summed E-state index contributed by atoms with van der Waals surface area (Å²) in [6, 6.07) is 7.24. The Morgan fingerprint density at radius 3 is 2.50 bits per heavy atom. The highest BCUT2D eigenvalue weighted by atomic mass is 19.1. The van der Waals surface area contributed by atoms with E-state index in [0.717, 1.165) is 12.1 Å². The minimum absolute atomic E-state index is 0.0330. The molecule has 0 saturated heterocycles. The van der Waals surface area contributed by atoms with Gasteiger partial charge in [0.1, 0.15) is 23.3 Å². The Kier molecular flexibility index (Phi) is 6.51. The highest BCUT2D eigenvalue weighted by Gasteiger charge is 2.13. The maximum atomic E-state index is 14.4. The summed E-state index contributed by atoms with van der Waals surface area (Å²) in [5, 5.41) is 5.02. The van der Waals surface area contributed by atoms with Gasteiger partial charge in [0.05, 0.1) is 11.3 Å². The van der Waals surface area contributed by atoms with E-state index in [-0.39, 0.29) is 31.0 Å². The van der Waals surface area contributed by atoms with Crippen LogP contribution in [0.15, 0.2) is 48.8 Å². The van der Waals surface area contributed by atoms with Gasteiger partial charge in [-0.1, -0.05) is 6.07 Å². The van der Waals surface area contributed by atoms with Crippen molar-refractivity contribution in [2.75, 3.05) is 6.54 Å². The third-order valence-electron chi connectivity index (χ3n) is 4.40. The van der Waals surface area contributed by atoms with E-state index in [1.165, 1.54) is 6.07 Å². The molecule has 6 nitrogen and oxygen atoms in total. The zero-order valence-corrected chi connectivity index (χ0v) is 16.1. The van der Waals surface area contributed by atoms with Gasteiger partial charge in [-0.3, -0.25) is 9.59 Å². The predicted molar refractivity (Wildman–Crippen MR) is 103 cm³/mol. The first kappa shape index (κ1) is 21.1. The van der Waals surface area contributed by atoms with Gasteiger partial charge in [0.15, 0.2) is 0 Å². The number of nitrogens with one attached hydrogen (secondary N) is 2. The van der Waals surface area contributed by atoms with Crippen molar-refractivity contribution in [2.45, 2.75) is 19.9 Å². The number of hydrogen-bond acceptors (Lipinski definition) is 3. The molecule has 0 saturated carbocycles. The van der Waals surface area contributed by atoms with E-state index < -0.39 is 23.4 Å². The number of carbonyl (C=O) groups is 2. The lowest BCUT2D eigenvalue weighted by atomic mass is 10.2. The summed E-state index contributed by atoms with van der Waals surface area (Å²) in [6.45, 7) is 1.84. The molecule has 0 aliphatic heterocycles. The van der Waals surface area contributed by atoms with Crippen LogP contribution in [0.5, 0.6) is 0 Å². The van der Waals surface area contributed by atoms with Crippen LogP contribution in [0.3, 0.4) is 0 Å². The Morgan fingerprint density at radius 2 is 1.83 bits per heavy atom. The number of halogens is 3. The van der Waals surface area contributed by atoms with Crippen molar-refractivity contribution in [1.29, 1.82) is 0 Å². The molecule has 1 heterocycles. The van der Waals surface area contributed by atoms with Gasteiger partial charge in [-0.15, -0.1) is 0 Å². The normalized spacial score (nSPS) is 10.7. The monoisotopic (exact) mass is 416 g/mol. The van der Waals surface area contributed by atoms with Crippen molar-refractivity contribution >= 4 is 11.8 Å². The van der Waals surface area contributed by atoms with Crippen LogP contribution in [0.4, 0.5) is 13.2 Å². The van der Waals surface area contributed by atoms with E-state index in [1.807, 2.05) is 0 Å². The molecule has 0 spiro atoms. The highest BCUT2D eigenvalue weighted by molar-refractivity contribution is 5.94. The van der Waals surface area contributed by atoms with Crippen molar-refractivity contribution in [3.8, 4) is 5.69 Å². The van der Waals surface area contributed by atoms with Crippen molar-refractivity contribution < 1.29 is 22.8 Å². The second-order valence-corrected chi connectivity index (χ2v) is 6.54. The number of carbonyl (C=O) groups excluding carboxylic acids is 2. The molecule has 30 heavy (non-hydrogen) atoms. The molecular weight excluding hydrogens is 397 g/mol. The molecule has 9 heteroatoms. The number of aryl methyl sites for hydroxylation is 1. The van der Waals surface area contributed by atoms with E-state index in [2.05, 4.69) is 15.6 Å². The molecular formula is C21H19F3N4O2. The average Bonchev–Trinajstić information content (AvgIpc) is 3.12. The molecule has 2 aromatic carbocycles. The third kappa shape index (κ3) is 5.05. The molecule has 156 valence electrons. The van der Waals surface area contributed by atoms with Gasteiger partial charge in [-0.25, -0.2) is 18.2 Å². The average molecular weight is 416 g/mol. The fourth-order valence-corrected chi connectivity index (χ4v) is 2.84.